The van der Waals surface area contributed by atoms with E-state index in [0.717, 1.165) is 17.8 Å². The van der Waals surface area contributed by atoms with Crippen LogP contribution < -0.4 is 11.1 Å². The molecule has 0 atom stereocenters. The molecule has 130 valence electrons. The maximum Gasteiger partial charge on any atom is 0.193 e. The minimum absolute atomic E-state index is 0. The van der Waals surface area contributed by atoms with Crippen LogP contribution in [-0.4, -0.2) is 22.3 Å². The summed E-state index contributed by atoms with van der Waals surface area (Å²) in [5.74, 6) is 0.474. The van der Waals surface area contributed by atoms with Crippen LogP contribution >= 0.6 is 24.0 Å². The Morgan fingerprint density at radius 3 is 2.75 bits per heavy atom. The average Bonchev–Trinajstić information content (AvgIpc) is 3.06. The van der Waals surface area contributed by atoms with E-state index in [1.807, 2.05) is 18.7 Å². The third-order valence-electron chi connectivity index (χ3n) is 4.67. The Morgan fingerprint density at radius 1 is 1.29 bits per heavy atom. The van der Waals surface area contributed by atoms with E-state index < -0.39 is 0 Å². The van der Waals surface area contributed by atoms with Crippen molar-refractivity contribution in [3.05, 3.63) is 46.3 Å². The molecule has 1 aliphatic carbocycles. The largest absolute Gasteiger partial charge is 0.370 e. The lowest BCUT2D eigenvalue weighted by molar-refractivity contribution is 0.730. The summed E-state index contributed by atoms with van der Waals surface area (Å²) in [4.78, 5) is 4.45. The first kappa shape index (κ1) is 18.8. The highest BCUT2D eigenvalue weighted by Crippen LogP contribution is 2.24. The van der Waals surface area contributed by atoms with Gasteiger partial charge in [0.2, 0.25) is 0 Å². The molecule has 3 N–H and O–H groups in total. The Hall–Kier alpha value is -1.57. The highest BCUT2D eigenvalue weighted by atomic mass is 127. The van der Waals surface area contributed by atoms with E-state index in [-0.39, 0.29) is 24.0 Å². The molecule has 5 nitrogen and oxygen atoms in total. The number of nitrogens with two attached hydrogens (primary N) is 1. The van der Waals surface area contributed by atoms with Gasteiger partial charge in [-0.2, -0.15) is 5.10 Å². The molecule has 1 heterocycles. The van der Waals surface area contributed by atoms with Gasteiger partial charge in [-0.3, -0.25) is 9.67 Å². The third kappa shape index (κ3) is 4.09. The van der Waals surface area contributed by atoms with Gasteiger partial charge in [0, 0.05) is 25.0 Å². The van der Waals surface area contributed by atoms with Crippen molar-refractivity contribution >= 4 is 35.6 Å². The minimum atomic E-state index is 0. The van der Waals surface area contributed by atoms with Gasteiger partial charge in [-0.15, -0.1) is 24.0 Å². The maximum absolute atomic E-state index is 6.01. The Kier molecular flexibility index (Phi) is 6.26. The van der Waals surface area contributed by atoms with E-state index in [1.165, 1.54) is 41.6 Å². The molecule has 1 aliphatic rings. The van der Waals surface area contributed by atoms with E-state index in [2.05, 4.69) is 40.5 Å². The number of anilines is 1. The lowest BCUT2D eigenvalue weighted by Gasteiger charge is -2.08. The molecule has 0 saturated carbocycles. The predicted octanol–water partition coefficient (Wildman–Crippen LogP) is 3.11. The third-order valence-corrected chi connectivity index (χ3v) is 4.67. The van der Waals surface area contributed by atoms with Crippen LogP contribution in [0.2, 0.25) is 0 Å². The topological polar surface area (TPSA) is 68.2 Å². The van der Waals surface area contributed by atoms with Crippen LogP contribution in [0.5, 0.6) is 0 Å². The second-order valence-corrected chi connectivity index (χ2v) is 6.25. The van der Waals surface area contributed by atoms with Gasteiger partial charge >= 0.3 is 0 Å². The number of hydrogen-bond donors (Lipinski definition) is 2. The van der Waals surface area contributed by atoms with E-state index in [9.17, 15) is 0 Å². The van der Waals surface area contributed by atoms with Crippen molar-refractivity contribution in [2.24, 2.45) is 17.8 Å². The molecule has 0 fully saturated rings. The molecular weight excluding hydrogens is 413 g/mol. The molecule has 3 rings (SSSR count). The average molecular weight is 439 g/mol. The number of hydrogen-bond acceptors (Lipinski definition) is 2. The van der Waals surface area contributed by atoms with Crippen molar-refractivity contribution in [1.29, 1.82) is 0 Å². The number of rotatable bonds is 4. The number of halogens is 1. The molecule has 24 heavy (non-hydrogen) atoms. The molecule has 0 saturated heterocycles. The molecular formula is C18H26IN5. The van der Waals surface area contributed by atoms with Crippen molar-refractivity contribution in [3.63, 3.8) is 0 Å². The molecule has 0 aliphatic heterocycles. The highest BCUT2D eigenvalue weighted by Gasteiger charge is 2.11. The molecule has 0 amide bonds. The summed E-state index contributed by atoms with van der Waals surface area (Å²) < 4.78 is 1.92. The second kappa shape index (κ2) is 8.00. The summed E-state index contributed by atoms with van der Waals surface area (Å²) in [6.07, 6.45) is 4.48. The number of guanidine groups is 1. The van der Waals surface area contributed by atoms with Crippen LogP contribution in [0.1, 0.15) is 34.5 Å². The van der Waals surface area contributed by atoms with E-state index >= 15 is 0 Å². The SMILES string of the molecule is Cc1nn(C)c(C)c1CCN=C(N)Nc1ccc2c(c1)CCC2.I. The standard InChI is InChI=1S/C18H25N5.HI/c1-12-17(13(2)23(3)22-12)9-10-20-18(19)21-16-8-7-14-5-4-6-15(14)11-16;/h7-8,11H,4-6,9-10H2,1-3H3,(H3,19,20,21);1H. The summed E-state index contributed by atoms with van der Waals surface area (Å²) in [6, 6.07) is 6.47. The first-order chi connectivity index (χ1) is 11.0. The number of aromatic nitrogens is 2. The van der Waals surface area contributed by atoms with Gasteiger partial charge in [0.15, 0.2) is 5.96 Å². The first-order valence-corrected chi connectivity index (χ1v) is 8.22. The van der Waals surface area contributed by atoms with Gasteiger partial charge in [-0.1, -0.05) is 6.07 Å². The van der Waals surface area contributed by atoms with Crippen LogP contribution in [0.25, 0.3) is 0 Å². The van der Waals surface area contributed by atoms with Crippen molar-refractivity contribution in [1.82, 2.24) is 9.78 Å². The zero-order chi connectivity index (χ0) is 16.4. The molecule has 1 aromatic heterocycles. The predicted molar refractivity (Wildman–Crippen MR) is 110 cm³/mol. The fourth-order valence-electron chi connectivity index (χ4n) is 3.30. The number of nitrogens with zero attached hydrogens (tertiary/aromatic N) is 3. The van der Waals surface area contributed by atoms with E-state index in [0.29, 0.717) is 12.5 Å². The summed E-state index contributed by atoms with van der Waals surface area (Å²) >= 11 is 0. The lowest BCUT2D eigenvalue weighted by atomic mass is 10.1. The molecule has 0 radical (unpaired) electrons. The Labute approximate surface area is 160 Å². The van der Waals surface area contributed by atoms with Gasteiger partial charge in [0.05, 0.1) is 5.69 Å². The van der Waals surface area contributed by atoms with Crippen LogP contribution in [0, 0.1) is 13.8 Å². The lowest BCUT2D eigenvalue weighted by Crippen LogP contribution is -2.23. The quantitative estimate of drug-likeness (QED) is 0.437. The number of nitrogens with one attached hydrogen (secondary N) is 1. The number of benzene rings is 1. The highest BCUT2D eigenvalue weighted by molar-refractivity contribution is 14.0. The fourth-order valence-corrected chi connectivity index (χ4v) is 3.30. The van der Waals surface area contributed by atoms with Gasteiger partial charge in [-0.05, 0) is 68.4 Å². The monoisotopic (exact) mass is 439 g/mol. The van der Waals surface area contributed by atoms with E-state index in [1.54, 1.807) is 0 Å². The number of aryl methyl sites for hydroxylation is 4. The molecule has 0 unspecified atom stereocenters. The first-order valence-electron chi connectivity index (χ1n) is 8.22. The molecule has 1 aromatic carbocycles. The Morgan fingerprint density at radius 2 is 2.04 bits per heavy atom. The molecule has 2 aromatic rings. The Balaban J connectivity index is 0.00000208. The van der Waals surface area contributed by atoms with Crippen molar-refractivity contribution in [2.45, 2.75) is 39.5 Å². The summed E-state index contributed by atoms with van der Waals surface area (Å²) in [7, 11) is 1.97. The van der Waals surface area contributed by atoms with Crippen LogP contribution in [0.4, 0.5) is 5.69 Å². The van der Waals surface area contributed by atoms with Crippen molar-refractivity contribution in [3.8, 4) is 0 Å². The summed E-state index contributed by atoms with van der Waals surface area (Å²) in [5.41, 5.74) is 13.5. The smallest absolute Gasteiger partial charge is 0.193 e. The van der Waals surface area contributed by atoms with Gasteiger partial charge in [-0.25, -0.2) is 0 Å². The molecule has 6 heteroatoms. The molecule has 0 bridgehead atoms. The van der Waals surface area contributed by atoms with Crippen LogP contribution in [0.3, 0.4) is 0 Å². The summed E-state index contributed by atoms with van der Waals surface area (Å²) in [6.45, 7) is 4.79. The minimum Gasteiger partial charge on any atom is -0.370 e. The van der Waals surface area contributed by atoms with Gasteiger partial charge < -0.3 is 11.1 Å². The zero-order valence-corrected chi connectivity index (χ0v) is 16.9. The van der Waals surface area contributed by atoms with Crippen molar-refractivity contribution < 1.29 is 0 Å². The van der Waals surface area contributed by atoms with Gasteiger partial charge in [0.1, 0.15) is 0 Å². The normalized spacial score (nSPS) is 13.5. The zero-order valence-electron chi connectivity index (χ0n) is 14.6. The summed E-state index contributed by atoms with van der Waals surface area (Å²) in [5, 5.41) is 7.63. The fraction of sp³-hybridized carbons (Fsp3) is 0.444. The van der Waals surface area contributed by atoms with Gasteiger partial charge in [0.25, 0.3) is 0 Å². The molecule has 0 spiro atoms. The maximum atomic E-state index is 6.01. The number of fused-ring (bicyclic) bond motifs is 1. The second-order valence-electron chi connectivity index (χ2n) is 6.25. The Bertz CT molecular complexity index is 748. The van der Waals surface area contributed by atoms with Crippen LogP contribution in [0.15, 0.2) is 23.2 Å². The van der Waals surface area contributed by atoms with E-state index in [4.69, 9.17) is 5.73 Å². The number of aliphatic imine (C=N–C) groups is 1. The van der Waals surface area contributed by atoms with Crippen LogP contribution in [-0.2, 0) is 26.3 Å². The van der Waals surface area contributed by atoms with Crippen molar-refractivity contribution in [2.75, 3.05) is 11.9 Å².